The van der Waals surface area contributed by atoms with Gasteiger partial charge in [0, 0.05) is 19.1 Å². The molecule has 0 aromatic rings. The highest BCUT2D eigenvalue weighted by atomic mass is 16.4. The lowest BCUT2D eigenvalue weighted by Gasteiger charge is -2.22. The van der Waals surface area contributed by atoms with E-state index in [4.69, 9.17) is 5.11 Å². The Bertz CT molecular complexity index is 343. The van der Waals surface area contributed by atoms with Gasteiger partial charge < -0.3 is 20.2 Å². The first-order valence-electron chi connectivity index (χ1n) is 7.85. The quantitative estimate of drug-likeness (QED) is 0.601. The van der Waals surface area contributed by atoms with Gasteiger partial charge >= 0.3 is 12.0 Å². The van der Waals surface area contributed by atoms with E-state index in [1.807, 2.05) is 0 Å². The van der Waals surface area contributed by atoms with E-state index in [9.17, 15) is 9.59 Å². The largest absolute Gasteiger partial charge is 0.480 e. The zero-order valence-electron chi connectivity index (χ0n) is 13.5. The third kappa shape index (κ3) is 7.90. The van der Waals surface area contributed by atoms with Crippen LogP contribution in [0.25, 0.3) is 0 Å². The maximum absolute atomic E-state index is 12.0. The monoisotopic (exact) mass is 299 g/mol. The summed E-state index contributed by atoms with van der Waals surface area (Å²) in [5.74, 6) is -0.459. The number of carbonyl (C=O) groups is 2. The molecule has 0 heterocycles. The first-order valence-corrected chi connectivity index (χ1v) is 7.85. The van der Waals surface area contributed by atoms with Gasteiger partial charge in [-0.3, -0.25) is 4.79 Å². The second-order valence-electron chi connectivity index (χ2n) is 6.23. The number of hydrogen-bond acceptors (Lipinski definition) is 3. The van der Waals surface area contributed by atoms with E-state index >= 15 is 0 Å². The lowest BCUT2D eigenvalue weighted by molar-refractivity contribution is -0.137. The Morgan fingerprint density at radius 1 is 1.29 bits per heavy atom. The summed E-state index contributed by atoms with van der Waals surface area (Å²) in [5.41, 5.74) is 0. The van der Waals surface area contributed by atoms with E-state index in [1.54, 1.807) is 0 Å². The number of carboxylic acid groups (broad SMARTS) is 1. The van der Waals surface area contributed by atoms with Gasteiger partial charge in [-0.1, -0.05) is 0 Å². The first-order chi connectivity index (χ1) is 9.90. The fraction of sp³-hybridized carbons (Fsp3) is 0.867. The number of aliphatic carboxylic acids is 1. The number of amides is 2. The van der Waals surface area contributed by atoms with Crippen LogP contribution in [-0.2, 0) is 4.79 Å². The third-order valence-corrected chi connectivity index (χ3v) is 3.88. The van der Waals surface area contributed by atoms with Crippen LogP contribution in [0.4, 0.5) is 4.79 Å². The Morgan fingerprint density at radius 3 is 2.48 bits per heavy atom. The summed E-state index contributed by atoms with van der Waals surface area (Å²) in [6.45, 7) is 6.28. The molecule has 6 nitrogen and oxygen atoms in total. The van der Waals surface area contributed by atoms with Crippen LogP contribution < -0.4 is 5.32 Å². The molecular formula is C15H29N3O3. The van der Waals surface area contributed by atoms with Crippen molar-refractivity contribution in [2.45, 2.75) is 45.6 Å². The van der Waals surface area contributed by atoms with Gasteiger partial charge in [-0.05, 0) is 59.0 Å². The van der Waals surface area contributed by atoms with Crippen LogP contribution in [0, 0.1) is 5.92 Å². The Balaban J connectivity index is 2.18. The van der Waals surface area contributed by atoms with Gasteiger partial charge in [0.1, 0.15) is 6.54 Å². The van der Waals surface area contributed by atoms with Crippen LogP contribution in [0.3, 0.4) is 0 Å². The van der Waals surface area contributed by atoms with Gasteiger partial charge in [0.25, 0.3) is 0 Å². The van der Waals surface area contributed by atoms with E-state index in [0.717, 1.165) is 32.2 Å². The Morgan fingerprint density at radius 2 is 1.95 bits per heavy atom. The van der Waals surface area contributed by atoms with E-state index < -0.39 is 5.97 Å². The fourth-order valence-electron chi connectivity index (χ4n) is 2.05. The average molecular weight is 299 g/mol. The Kier molecular flexibility index (Phi) is 7.50. The van der Waals surface area contributed by atoms with Gasteiger partial charge in [0.2, 0.25) is 0 Å². The predicted octanol–water partition coefficient (Wildman–Crippen LogP) is 1.61. The number of rotatable bonds is 10. The molecule has 0 atom stereocenters. The van der Waals surface area contributed by atoms with E-state index in [1.165, 1.54) is 4.90 Å². The van der Waals surface area contributed by atoms with Gasteiger partial charge in [-0.15, -0.1) is 0 Å². The van der Waals surface area contributed by atoms with Crippen molar-refractivity contribution in [2.75, 3.05) is 33.2 Å². The molecule has 21 heavy (non-hydrogen) atoms. The van der Waals surface area contributed by atoms with Gasteiger partial charge in [-0.25, -0.2) is 4.79 Å². The smallest absolute Gasteiger partial charge is 0.323 e. The Labute approximate surface area is 127 Å². The molecule has 1 fully saturated rings. The van der Waals surface area contributed by atoms with E-state index in [2.05, 4.69) is 31.1 Å². The van der Waals surface area contributed by atoms with Crippen LogP contribution in [0.5, 0.6) is 0 Å². The summed E-state index contributed by atoms with van der Waals surface area (Å²) in [6, 6.07) is 0.283. The highest BCUT2D eigenvalue weighted by Crippen LogP contribution is 2.29. The highest BCUT2D eigenvalue weighted by molar-refractivity contribution is 5.80. The molecule has 122 valence electrons. The molecule has 1 rings (SSSR count). The molecule has 6 heteroatoms. The second kappa shape index (κ2) is 8.87. The summed E-state index contributed by atoms with van der Waals surface area (Å²) in [7, 11) is 2.09. The SMILES string of the molecule is CC(C)N(C)CCCCNC(=O)N(CC(=O)O)CC1CC1. The molecule has 0 aromatic carbocycles. The van der Waals surface area contributed by atoms with Crippen LogP contribution in [0.1, 0.15) is 39.5 Å². The zero-order valence-corrected chi connectivity index (χ0v) is 13.5. The molecule has 0 bridgehead atoms. The van der Waals surface area contributed by atoms with Crippen molar-refractivity contribution in [3.63, 3.8) is 0 Å². The molecular weight excluding hydrogens is 270 g/mol. The molecule has 0 radical (unpaired) electrons. The molecule has 2 N–H and O–H groups in total. The van der Waals surface area contributed by atoms with Crippen molar-refractivity contribution in [1.29, 1.82) is 0 Å². The minimum Gasteiger partial charge on any atom is -0.480 e. The summed E-state index contributed by atoms with van der Waals surface area (Å²) in [6.07, 6.45) is 4.14. The number of nitrogens with one attached hydrogen (secondary N) is 1. The van der Waals surface area contributed by atoms with E-state index in [0.29, 0.717) is 25.0 Å². The lowest BCUT2D eigenvalue weighted by Crippen LogP contribution is -2.44. The standard InChI is InChI=1S/C15H29N3O3/c1-12(2)17(3)9-5-4-8-16-15(21)18(11-14(19)20)10-13-6-7-13/h12-13H,4-11H2,1-3H3,(H,16,21)(H,19,20). The number of unbranched alkanes of at least 4 members (excludes halogenated alkanes) is 1. The number of urea groups is 1. The van der Waals surface area contributed by atoms with Gasteiger partial charge in [0.15, 0.2) is 0 Å². The minimum atomic E-state index is -0.954. The molecule has 0 saturated heterocycles. The highest BCUT2D eigenvalue weighted by Gasteiger charge is 2.27. The third-order valence-electron chi connectivity index (χ3n) is 3.88. The summed E-state index contributed by atoms with van der Waals surface area (Å²) in [4.78, 5) is 26.5. The topological polar surface area (TPSA) is 72.9 Å². The molecule has 0 aliphatic heterocycles. The maximum Gasteiger partial charge on any atom is 0.323 e. The number of nitrogens with zero attached hydrogens (tertiary/aromatic N) is 2. The molecule has 1 aliphatic carbocycles. The molecule has 0 unspecified atom stereocenters. The van der Waals surface area contributed by atoms with Crippen LogP contribution in [0.15, 0.2) is 0 Å². The van der Waals surface area contributed by atoms with Crippen LogP contribution >= 0.6 is 0 Å². The van der Waals surface area contributed by atoms with Gasteiger partial charge in [0.05, 0.1) is 0 Å². The molecule has 2 amide bonds. The summed E-state index contributed by atoms with van der Waals surface area (Å²) >= 11 is 0. The second-order valence-corrected chi connectivity index (χ2v) is 6.23. The summed E-state index contributed by atoms with van der Waals surface area (Å²) in [5, 5.41) is 11.7. The van der Waals surface area contributed by atoms with Gasteiger partial charge in [-0.2, -0.15) is 0 Å². The lowest BCUT2D eigenvalue weighted by atomic mass is 10.2. The summed E-state index contributed by atoms with van der Waals surface area (Å²) < 4.78 is 0. The van der Waals surface area contributed by atoms with Crippen molar-refractivity contribution in [3.05, 3.63) is 0 Å². The van der Waals surface area contributed by atoms with Crippen molar-refractivity contribution < 1.29 is 14.7 Å². The first kappa shape index (κ1) is 17.8. The van der Waals surface area contributed by atoms with Crippen molar-refractivity contribution in [2.24, 2.45) is 5.92 Å². The molecule has 1 saturated carbocycles. The molecule has 0 aromatic heterocycles. The number of carbonyl (C=O) groups excluding carboxylic acids is 1. The minimum absolute atomic E-state index is 0.210. The van der Waals surface area contributed by atoms with Crippen molar-refractivity contribution in [1.82, 2.24) is 15.1 Å². The van der Waals surface area contributed by atoms with Crippen LogP contribution in [0.2, 0.25) is 0 Å². The number of hydrogen-bond donors (Lipinski definition) is 2. The molecule has 1 aliphatic rings. The fourth-order valence-corrected chi connectivity index (χ4v) is 2.05. The van der Waals surface area contributed by atoms with Crippen molar-refractivity contribution >= 4 is 12.0 Å². The molecule has 0 spiro atoms. The Hall–Kier alpha value is -1.30. The zero-order chi connectivity index (χ0) is 15.8. The maximum atomic E-state index is 12.0. The average Bonchev–Trinajstić information content (AvgIpc) is 3.20. The van der Waals surface area contributed by atoms with E-state index in [-0.39, 0.29) is 12.6 Å². The van der Waals surface area contributed by atoms with Crippen molar-refractivity contribution in [3.8, 4) is 0 Å². The number of carboxylic acids is 1. The van der Waals surface area contributed by atoms with Crippen LogP contribution in [-0.4, -0.2) is 66.2 Å². The predicted molar refractivity (Wildman–Crippen MR) is 82.3 cm³/mol. The normalized spacial score (nSPS) is 14.5.